The van der Waals surface area contributed by atoms with E-state index < -0.39 is 0 Å². The first kappa shape index (κ1) is 5.42. The van der Waals surface area contributed by atoms with Gasteiger partial charge in [0, 0.05) is 12.5 Å². The molecule has 2 aliphatic rings. The van der Waals surface area contributed by atoms with E-state index >= 15 is 0 Å². The second-order valence-corrected chi connectivity index (χ2v) is 2.85. The van der Waals surface area contributed by atoms with Crippen LogP contribution < -0.4 is 0 Å². The van der Waals surface area contributed by atoms with Crippen LogP contribution in [0.3, 0.4) is 0 Å². The van der Waals surface area contributed by atoms with Crippen LogP contribution in [-0.2, 0) is 9.53 Å². The Kier molecular flexibility index (Phi) is 1.09. The molecule has 0 aromatic heterocycles. The number of hydrogen-bond donors (Lipinski definition) is 0. The average Bonchev–Trinajstić information content (AvgIpc) is 2.60. The third kappa shape index (κ3) is 0.697. The lowest BCUT2D eigenvalue weighted by Gasteiger charge is -2.07. The molecule has 1 saturated heterocycles. The van der Waals surface area contributed by atoms with Crippen LogP contribution in [0.4, 0.5) is 0 Å². The highest BCUT2D eigenvalue weighted by Gasteiger charge is 2.52. The van der Waals surface area contributed by atoms with Crippen molar-refractivity contribution in [2.45, 2.75) is 18.9 Å². The van der Waals surface area contributed by atoms with Crippen LogP contribution in [0.5, 0.6) is 0 Å². The number of ether oxygens (including phenoxy) is 1. The van der Waals surface area contributed by atoms with E-state index in [-0.39, 0.29) is 5.92 Å². The summed E-state index contributed by atoms with van der Waals surface area (Å²) in [6, 6.07) is 0. The first-order valence-corrected chi connectivity index (χ1v) is 3.50. The van der Waals surface area contributed by atoms with Gasteiger partial charge in [0.25, 0.3) is 0 Å². The Bertz CT molecular complexity index is 121. The summed E-state index contributed by atoms with van der Waals surface area (Å²) in [4.78, 5) is 10.3. The normalized spacial score (nSPS) is 47.8. The van der Waals surface area contributed by atoms with Gasteiger partial charge in [-0.1, -0.05) is 0 Å². The molecule has 2 heteroatoms. The summed E-state index contributed by atoms with van der Waals surface area (Å²) >= 11 is 0. The fraction of sp³-hybridized carbons (Fsp3) is 0.857. The van der Waals surface area contributed by atoms with Gasteiger partial charge in [-0.15, -0.1) is 0 Å². The van der Waals surface area contributed by atoms with Crippen molar-refractivity contribution in [3.8, 4) is 0 Å². The molecule has 9 heavy (non-hydrogen) atoms. The number of rotatable bonds is 1. The summed E-state index contributed by atoms with van der Waals surface area (Å²) in [6.07, 6.45) is 3.71. The zero-order valence-electron chi connectivity index (χ0n) is 5.25. The fourth-order valence-electron chi connectivity index (χ4n) is 1.68. The maximum atomic E-state index is 10.3. The number of carbonyl (C=O) groups is 1. The van der Waals surface area contributed by atoms with Crippen LogP contribution in [0.25, 0.3) is 0 Å². The summed E-state index contributed by atoms with van der Waals surface area (Å²) < 4.78 is 5.32. The van der Waals surface area contributed by atoms with Crippen LogP contribution in [-0.4, -0.2) is 19.0 Å². The fourth-order valence-corrected chi connectivity index (χ4v) is 1.68. The topological polar surface area (TPSA) is 26.3 Å². The Hall–Kier alpha value is -0.370. The Morgan fingerprint density at radius 2 is 2.44 bits per heavy atom. The molecular formula is C7H10O2. The van der Waals surface area contributed by atoms with E-state index in [0.29, 0.717) is 12.0 Å². The van der Waals surface area contributed by atoms with Crippen LogP contribution in [0, 0.1) is 11.8 Å². The molecule has 1 saturated carbocycles. The van der Waals surface area contributed by atoms with Gasteiger partial charge < -0.3 is 9.53 Å². The third-order valence-electron chi connectivity index (χ3n) is 2.30. The molecule has 0 bridgehead atoms. The Morgan fingerprint density at radius 3 is 3.00 bits per heavy atom. The van der Waals surface area contributed by atoms with E-state index in [4.69, 9.17) is 4.74 Å². The van der Waals surface area contributed by atoms with Gasteiger partial charge in [0.15, 0.2) is 0 Å². The van der Waals surface area contributed by atoms with Crippen molar-refractivity contribution in [3.05, 3.63) is 0 Å². The molecule has 50 valence electrons. The first-order chi connectivity index (χ1) is 4.43. The predicted molar refractivity (Wildman–Crippen MR) is 32.0 cm³/mol. The summed E-state index contributed by atoms with van der Waals surface area (Å²) in [5.74, 6) is 0.851. The van der Waals surface area contributed by atoms with Crippen molar-refractivity contribution in [1.82, 2.24) is 0 Å². The Balaban J connectivity index is 1.98. The second kappa shape index (κ2) is 1.81. The minimum Gasteiger partial charge on any atom is -0.377 e. The monoisotopic (exact) mass is 126 g/mol. The van der Waals surface area contributed by atoms with E-state index in [1.165, 1.54) is 6.42 Å². The summed E-state index contributed by atoms with van der Waals surface area (Å²) in [5.41, 5.74) is 0. The Morgan fingerprint density at radius 1 is 1.56 bits per heavy atom. The summed E-state index contributed by atoms with van der Waals surface area (Å²) in [6.45, 7) is 0.867. The molecule has 2 fully saturated rings. The molecule has 2 rings (SSSR count). The maximum Gasteiger partial charge on any atom is 0.126 e. The van der Waals surface area contributed by atoms with E-state index in [2.05, 4.69) is 0 Å². The van der Waals surface area contributed by atoms with Gasteiger partial charge in [-0.05, 0) is 18.8 Å². The van der Waals surface area contributed by atoms with Gasteiger partial charge >= 0.3 is 0 Å². The Labute approximate surface area is 54.2 Å². The third-order valence-corrected chi connectivity index (χ3v) is 2.30. The van der Waals surface area contributed by atoms with Crippen molar-refractivity contribution >= 4 is 6.29 Å². The van der Waals surface area contributed by atoms with Gasteiger partial charge in [-0.2, -0.15) is 0 Å². The zero-order chi connectivity index (χ0) is 6.27. The molecule has 0 radical (unpaired) electrons. The lowest BCUT2D eigenvalue weighted by atomic mass is 10.2. The smallest absolute Gasteiger partial charge is 0.126 e. The highest BCUT2D eigenvalue weighted by Crippen LogP contribution is 2.46. The largest absolute Gasteiger partial charge is 0.377 e. The average molecular weight is 126 g/mol. The van der Waals surface area contributed by atoms with E-state index in [0.717, 1.165) is 19.3 Å². The zero-order valence-corrected chi connectivity index (χ0v) is 5.25. The molecular weight excluding hydrogens is 116 g/mol. The van der Waals surface area contributed by atoms with Crippen LogP contribution in [0.1, 0.15) is 12.8 Å². The number of carbonyl (C=O) groups excluding carboxylic acids is 1. The van der Waals surface area contributed by atoms with Gasteiger partial charge in [0.05, 0.1) is 6.10 Å². The molecule has 0 amide bonds. The molecule has 0 aromatic carbocycles. The molecule has 1 aliphatic carbocycles. The molecule has 3 atom stereocenters. The number of hydrogen-bond acceptors (Lipinski definition) is 2. The van der Waals surface area contributed by atoms with Crippen molar-refractivity contribution in [2.24, 2.45) is 11.8 Å². The van der Waals surface area contributed by atoms with Crippen molar-refractivity contribution in [3.63, 3.8) is 0 Å². The molecule has 0 N–H and O–H groups in total. The molecule has 3 unspecified atom stereocenters. The lowest BCUT2D eigenvalue weighted by Crippen LogP contribution is -2.05. The van der Waals surface area contributed by atoms with E-state index in [1.807, 2.05) is 0 Å². The van der Waals surface area contributed by atoms with Crippen molar-refractivity contribution in [1.29, 1.82) is 0 Å². The van der Waals surface area contributed by atoms with E-state index in [9.17, 15) is 4.79 Å². The number of aldehydes is 1. The molecule has 2 nitrogen and oxygen atoms in total. The lowest BCUT2D eigenvalue weighted by molar-refractivity contribution is -0.109. The minimum absolute atomic E-state index is 0.257. The summed E-state index contributed by atoms with van der Waals surface area (Å²) in [5, 5.41) is 0. The SMILES string of the molecule is O=CC1C2CCCOC12. The quantitative estimate of drug-likeness (QED) is 0.481. The highest BCUT2D eigenvalue weighted by atomic mass is 16.5. The molecule has 0 spiro atoms. The van der Waals surface area contributed by atoms with Crippen LogP contribution in [0.2, 0.25) is 0 Å². The predicted octanol–water partition coefficient (Wildman–Crippen LogP) is 0.610. The van der Waals surface area contributed by atoms with Crippen molar-refractivity contribution in [2.75, 3.05) is 6.61 Å². The van der Waals surface area contributed by atoms with Gasteiger partial charge in [-0.3, -0.25) is 0 Å². The number of fused-ring (bicyclic) bond motifs is 1. The van der Waals surface area contributed by atoms with E-state index in [1.54, 1.807) is 0 Å². The standard InChI is InChI=1S/C7H10O2/c8-4-6-5-2-1-3-9-7(5)6/h4-7H,1-3H2. The van der Waals surface area contributed by atoms with Crippen LogP contribution in [0.15, 0.2) is 0 Å². The summed E-state index contributed by atoms with van der Waals surface area (Å²) in [7, 11) is 0. The van der Waals surface area contributed by atoms with Crippen molar-refractivity contribution < 1.29 is 9.53 Å². The highest BCUT2D eigenvalue weighted by molar-refractivity contribution is 5.60. The van der Waals surface area contributed by atoms with Gasteiger partial charge in [0.1, 0.15) is 6.29 Å². The second-order valence-electron chi connectivity index (χ2n) is 2.85. The van der Waals surface area contributed by atoms with Gasteiger partial charge in [0.2, 0.25) is 0 Å². The molecule has 1 aliphatic heterocycles. The minimum atomic E-state index is 0.257. The first-order valence-electron chi connectivity index (χ1n) is 3.50. The molecule has 1 heterocycles. The van der Waals surface area contributed by atoms with Gasteiger partial charge in [-0.25, -0.2) is 0 Å². The maximum absolute atomic E-state index is 10.3. The molecule has 0 aromatic rings. The van der Waals surface area contributed by atoms with Crippen LogP contribution >= 0.6 is 0 Å².